The van der Waals surface area contributed by atoms with Gasteiger partial charge in [0, 0.05) is 0 Å². The van der Waals surface area contributed by atoms with Crippen molar-refractivity contribution in [1.29, 1.82) is 0 Å². The third kappa shape index (κ3) is 3.53. The molecule has 0 bridgehead atoms. The Hall–Kier alpha value is -0.860. The molecule has 3 fully saturated rings. The van der Waals surface area contributed by atoms with Crippen molar-refractivity contribution in [2.24, 2.45) is 23.2 Å². The smallest absolute Gasteiger partial charge is 0.0809 e. The fraction of sp³-hybridized carbons (Fsp3) is 0.739. The van der Waals surface area contributed by atoms with E-state index in [1.807, 2.05) is 0 Å². The van der Waals surface area contributed by atoms with Crippen LogP contribution in [-0.4, -0.2) is 22.4 Å². The first-order valence-electron chi connectivity index (χ1n) is 10.3. The first-order chi connectivity index (χ1) is 11.9. The molecule has 0 amide bonds. The van der Waals surface area contributed by atoms with E-state index in [9.17, 15) is 10.2 Å². The van der Waals surface area contributed by atoms with Gasteiger partial charge in [0.1, 0.15) is 0 Å². The Kier molecular flexibility index (Phi) is 5.60. The van der Waals surface area contributed by atoms with Crippen LogP contribution in [0.25, 0.3) is 0 Å². The molecule has 0 aromatic rings. The number of allylic oxidation sites excluding steroid dienone is 3. The van der Waals surface area contributed by atoms with Crippen molar-refractivity contribution in [2.45, 2.75) is 84.3 Å². The van der Waals surface area contributed by atoms with Gasteiger partial charge in [-0.2, -0.15) is 0 Å². The minimum Gasteiger partial charge on any atom is -0.388 e. The lowest BCUT2D eigenvalue weighted by molar-refractivity contribution is 0.0961. The summed E-state index contributed by atoms with van der Waals surface area (Å²) >= 11 is 0. The second-order valence-corrected chi connectivity index (χ2v) is 9.06. The average Bonchev–Trinajstić information content (AvgIpc) is 2.94. The Morgan fingerprint density at radius 2 is 1.88 bits per heavy atom. The van der Waals surface area contributed by atoms with Crippen molar-refractivity contribution < 1.29 is 10.2 Å². The van der Waals surface area contributed by atoms with E-state index >= 15 is 0 Å². The monoisotopic (exact) mass is 344 g/mol. The predicted molar refractivity (Wildman–Crippen MR) is 104 cm³/mol. The van der Waals surface area contributed by atoms with Gasteiger partial charge in [0.25, 0.3) is 0 Å². The van der Waals surface area contributed by atoms with Crippen molar-refractivity contribution >= 4 is 0 Å². The number of hydrogen-bond acceptors (Lipinski definition) is 2. The van der Waals surface area contributed by atoms with Crippen LogP contribution in [0.3, 0.4) is 0 Å². The zero-order valence-electron chi connectivity index (χ0n) is 16.3. The van der Waals surface area contributed by atoms with Gasteiger partial charge in [-0.15, -0.1) is 0 Å². The van der Waals surface area contributed by atoms with Gasteiger partial charge in [-0.25, -0.2) is 0 Å². The van der Waals surface area contributed by atoms with E-state index in [0.29, 0.717) is 23.8 Å². The molecule has 0 radical (unpaired) electrons. The van der Waals surface area contributed by atoms with E-state index in [0.717, 1.165) is 23.3 Å². The summed E-state index contributed by atoms with van der Waals surface area (Å²) < 4.78 is 0. The number of aliphatic hydroxyl groups excluding tert-OH is 2. The van der Waals surface area contributed by atoms with Crippen LogP contribution in [-0.2, 0) is 0 Å². The SMILES string of the molecule is C=C1C(O)CC(=C/C=C2\CCCC3(C)C([C@@H](C)CC)CC[C@@H]23)C[C@H]1O. The van der Waals surface area contributed by atoms with Gasteiger partial charge in [-0.05, 0) is 73.7 Å². The molecule has 2 nitrogen and oxygen atoms in total. The molecule has 140 valence electrons. The molecule has 0 aromatic heterocycles. The van der Waals surface area contributed by atoms with E-state index in [-0.39, 0.29) is 0 Å². The van der Waals surface area contributed by atoms with Gasteiger partial charge in [0.2, 0.25) is 0 Å². The van der Waals surface area contributed by atoms with Crippen LogP contribution < -0.4 is 0 Å². The number of hydrogen-bond donors (Lipinski definition) is 2. The maximum absolute atomic E-state index is 10.0. The summed E-state index contributed by atoms with van der Waals surface area (Å²) in [7, 11) is 0. The summed E-state index contributed by atoms with van der Waals surface area (Å²) in [5, 5.41) is 20.1. The zero-order valence-corrected chi connectivity index (χ0v) is 16.3. The molecule has 0 aromatic carbocycles. The molecule has 3 unspecified atom stereocenters. The third-order valence-electron chi connectivity index (χ3n) is 7.67. The summed E-state index contributed by atoms with van der Waals surface area (Å²) in [6.07, 6.45) is 12.5. The number of rotatable bonds is 3. The molecule has 0 heterocycles. The Morgan fingerprint density at radius 1 is 1.20 bits per heavy atom. The second-order valence-electron chi connectivity index (χ2n) is 9.06. The topological polar surface area (TPSA) is 40.5 Å². The van der Waals surface area contributed by atoms with E-state index < -0.39 is 12.2 Å². The van der Waals surface area contributed by atoms with Gasteiger partial charge < -0.3 is 10.2 Å². The summed E-state index contributed by atoms with van der Waals surface area (Å²) in [6, 6.07) is 0. The van der Waals surface area contributed by atoms with E-state index in [1.54, 1.807) is 5.57 Å². The minimum atomic E-state index is -0.591. The normalized spacial score (nSPS) is 43.5. The van der Waals surface area contributed by atoms with Gasteiger partial charge >= 0.3 is 0 Å². The summed E-state index contributed by atoms with van der Waals surface area (Å²) in [4.78, 5) is 0. The standard InChI is InChI=1S/C23H36O2/c1-5-15(2)19-10-11-20-18(7-6-12-23(19,20)4)9-8-17-13-21(24)16(3)22(25)14-17/h8-9,15,19-22,24-25H,3,5-7,10-14H2,1-2,4H3/b17-8?,18-9+/t15-,19?,20-,21+,22?,23?/m0/s1. The minimum absolute atomic E-state index is 0.470. The fourth-order valence-corrected chi connectivity index (χ4v) is 5.92. The lowest BCUT2D eigenvalue weighted by Crippen LogP contribution is -2.35. The maximum Gasteiger partial charge on any atom is 0.0809 e. The van der Waals surface area contributed by atoms with Gasteiger partial charge in [-0.3, -0.25) is 0 Å². The lowest BCUT2D eigenvalue weighted by atomic mass is 9.61. The molecule has 2 N–H and O–H groups in total. The van der Waals surface area contributed by atoms with Crippen LogP contribution in [0, 0.1) is 23.2 Å². The molecule has 6 atom stereocenters. The summed E-state index contributed by atoms with van der Waals surface area (Å²) in [5.41, 5.74) is 3.81. The Morgan fingerprint density at radius 3 is 2.52 bits per heavy atom. The Balaban J connectivity index is 1.78. The summed E-state index contributed by atoms with van der Waals surface area (Å²) in [5.74, 6) is 2.41. The highest BCUT2D eigenvalue weighted by molar-refractivity contribution is 5.29. The molecule has 0 spiro atoms. The van der Waals surface area contributed by atoms with Crippen LogP contribution in [0.2, 0.25) is 0 Å². The molecule has 3 rings (SSSR count). The molecule has 3 aliphatic carbocycles. The fourth-order valence-electron chi connectivity index (χ4n) is 5.92. The molecule has 0 aliphatic heterocycles. The van der Waals surface area contributed by atoms with Crippen molar-refractivity contribution in [1.82, 2.24) is 0 Å². The Bertz CT molecular complexity index is 557. The second kappa shape index (κ2) is 7.40. The van der Waals surface area contributed by atoms with E-state index in [2.05, 4.69) is 39.5 Å². The van der Waals surface area contributed by atoms with Crippen molar-refractivity contribution in [2.75, 3.05) is 0 Å². The maximum atomic E-state index is 10.0. The molecule has 25 heavy (non-hydrogen) atoms. The molecule has 0 saturated heterocycles. The first kappa shape index (κ1) is 18.9. The lowest BCUT2D eigenvalue weighted by Gasteiger charge is -2.44. The first-order valence-corrected chi connectivity index (χ1v) is 10.3. The third-order valence-corrected chi connectivity index (χ3v) is 7.67. The van der Waals surface area contributed by atoms with Gasteiger partial charge in [0.05, 0.1) is 12.2 Å². The molecule has 2 heteroatoms. The molecular formula is C23H36O2. The van der Waals surface area contributed by atoms with Crippen LogP contribution in [0.1, 0.15) is 72.1 Å². The van der Waals surface area contributed by atoms with Crippen molar-refractivity contribution in [3.8, 4) is 0 Å². The van der Waals surface area contributed by atoms with Crippen molar-refractivity contribution in [3.05, 3.63) is 35.5 Å². The van der Waals surface area contributed by atoms with Crippen LogP contribution in [0.4, 0.5) is 0 Å². The van der Waals surface area contributed by atoms with Crippen LogP contribution >= 0.6 is 0 Å². The highest BCUT2D eigenvalue weighted by atomic mass is 16.3. The number of aliphatic hydroxyl groups is 2. The van der Waals surface area contributed by atoms with Crippen molar-refractivity contribution in [3.63, 3.8) is 0 Å². The largest absolute Gasteiger partial charge is 0.388 e. The zero-order chi connectivity index (χ0) is 18.2. The number of fused-ring (bicyclic) bond motifs is 1. The van der Waals surface area contributed by atoms with E-state index in [4.69, 9.17) is 0 Å². The molecule has 3 saturated carbocycles. The molecule has 3 aliphatic rings. The summed E-state index contributed by atoms with van der Waals surface area (Å²) in [6.45, 7) is 11.1. The quantitative estimate of drug-likeness (QED) is 0.693. The predicted octanol–water partition coefficient (Wildman–Crippen LogP) is 5.17. The average molecular weight is 345 g/mol. The molecular weight excluding hydrogens is 308 g/mol. The van der Waals surface area contributed by atoms with Gasteiger partial charge in [-0.1, -0.05) is 57.1 Å². The highest BCUT2D eigenvalue weighted by Gasteiger charge is 2.50. The van der Waals surface area contributed by atoms with Crippen LogP contribution in [0.5, 0.6) is 0 Å². The Labute approximate surface area is 153 Å². The van der Waals surface area contributed by atoms with Gasteiger partial charge in [0.15, 0.2) is 0 Å². The van der Waals surface area contributed by atoms with E-state index in [1.165, 1.54) is 38.5 Å². The van der Waals surface area contributed by atoms with Crippen LogP contribution in [0.15, 0.2) is 35.5 Å². The highest BCUT2D eigenvalue weighted by Crippen LogP contribution is 2.59.